The van der Waals surface area contributed by atoms with Crippen LogP contribution in [0.1, 0.15) is 12.0 Å². The Balaban J connectivity index is 1.97. The standard InChI is InChI=1S/C13H14N2OS/c1-14-13-15-8-11(16-13)9-4-5-12-10(7-9)3-2-6-17-12/h4-5,7-8H,2-3,6H2,1H3,(H,14,15). The molecule has 1 aliphatic rings. The molecule has 0 saturated heterocycles. The number of fused-ring (bicyclic) bond motifs is 1. The first-order chi connectivity index (χ1) is 8.36. The van der Waals surface area contributed by atoms with Gasteiger partial charge in [-0.05, 0) is 36.3 Å². The summed E-state index contributed by atoms with van der Waals surface area (Å²) < 4.78 is 5.58. The van der Waals surface area contributed by atoms with Gasteiger partial charge in [-0.1, -0.05) is 6.07 Å². The third-order valence-electron chi connectivity index (χ3n) is 2.91. The van der Waals surface area contributed by atoms with Crippen LogP contribution in [0.2, 0.25) is 0 Å². The minimum absolute atomic E-state index is 0.562. The first-order valence-corrected chi connectivity index (χ1v) is 6.75. The molecular weight excluding hydrogens is 232 g/mol. The van der Waals surface area contributed by atoms with E-state index in [0.29, 0.717) is 6.01 Å². The van der Waals surface area contributed by atoms with Gasteiger partial charge in [-0.2, -0.15) is 0 Å². The lowest BCUT2D eigenvalue weighted by Gasteiger charge is -2.15. The predicted octanol–water partition coefficient (Wildman–Crippen LogP) is 3.42. The Kier molecular flexibility index (Phi) is 2.81. The highest BCUT2D eigenvalue weighted by molar-refractivity contribution is 7.99. The van der Waals surface area contributed by atoms with E-state index in [9.17, 15) is 0 Å². The summed E-state index contributed by atoms with van der Waals surface area (Å²) in [5.74, 6) is 2.06. The molecule has 2 aromatic rings. The second-order valence-corrected chi connectivity index (χ2v) is 5.19. The molecule has 1 aromatic heterocycles. The van der Waals surface area contributed by atoms with Crippen LogP contribution in [-0.2, 0) is 6.42 Å². The maximum Gasteiger partial charge on any atom is 0.294 e. The van der Waals surface area contributed by atoms with Gasteiger partial charge >= 0.3 is 0 Å². The van der Waals surface area contributed by atoms with Gasteiger partial charge in [0.05, 0.1) is 6.20 Å². The van der Waals surface area contributed by atoms with Crippen molar-refractivity contribution in [2.24, 2.45) is 0 Å². The van der Waals surface area contributed by atoms with E-state index in [2.05, 4.69) is 28.5 Å². The highest BCUT2D eigenvalue weighted by Crippen LogP contribution is 2.33. The SMILES string of the molecule is CNc1ncc(-c2ccc3c(c2)CCCS3)o1. The van der Waals surface area contributed by atoms with Crippen molar-refractivity contribution in [1.82, 2.24) is 4.98 Å². The normalized spacial score (nSPS) is 14.4. The van der Waals surface area contributed by atoms with Crippen LogP contribution in [0, 0.1) is 0 Å². The fraction of sp³-hybridized carbons (Fsp3) is 0.308. The minimum Gasteiger partial charge on any atom is -0.424 e. The molecule has 0 radical (unpaired) electrons. The number of hydrogen-bond acceptors (Lipinski definition) is 4. The number of nitrogens with one attached hydrogen (secondary N) is 1. The van der Waals surface area contributed by atoms with Crippen molar-refractivity contribution in [3.63, 3.8) is 0 Å². The van der Waals surface area contributed by atoms with Crippen molar-refractivity contribution >= 4 is 17.8 Å². The number of rotatable bonds is 2. The molecule has 2 heterocycles. The van der Waals surface area contributed by atoms with Crippen molar-refractivity contribution in [2.75, 3.05) is 18.1 Å². The smallest absolute Gasteiger partial charge is 0.294 e. The average molecular weight is 246 g/mol. The number of aryl methyl sites for hydroxylation is 1. The maximum atomic E-state index is 5.58. The molecule has 88 valence electrons. The molecule has 17 heavy (non-hydrogen) atoms. The van der Waals surface area contributed by atoms with Crippen LogP contribution in [0.15, 0.2) is 33.7 Å². The van der Waals surface area contributed by atoms with Crippen molar-refractivity contribution in [1.29, 1.82) is 0 Å². The van der Waals surface area contributed by atoms with Gasteiger partial charge in [0.15, 0.2) is 5.76 Å². The lowest BCUT2D eigenvalue weighted by Crippen LogP contribution is -1.98. The monoisotopic (exact) mass is 246 g/mol. The minimum atomic E-state index is 0.562. The van der Waals surface area contributed by atoms with Crippen molar-refractivity contribution in [3.05, 3.63) is 30.0 Å². The molecule has 3 rings (SSSR count). The third-order valence-corrected chi connectivity index (χ3v) is 4.11. The molecule has 0 fully saturated rings. The van der Waals surface area contributed by atoms with E-state index in [-0.39, 0.29) is 0 Å². The molecule has 0 amide bonds. The molecule has 0 atom stereocenters. The molecule has 3 nitrogen and oxygen atoms in total. The van der Waals surface area contributed by atoms with Gasteiger partial charge in [0, 0.05) is 17.5 Å². The molecule has 0 unspecified atom stereocenters. The van der Waals surface area contributed by atoms with E-state index in [4.69, 9.17) is 4.42 Å². The number of nitrogens with zero attached hydrogens (tertiary/aromatic N) is 1. The Bertz CT molecular complexity index is 536. The summed E-state index contributed by atoms with van der Waals surface area (Å²) in [5, 5.41) is 2.90. The number of thioether (sulfide) groups is 1. The largest absolute Gasteiger partial charge is 0.424 e. The first kappa shape index (κ1) is 10.7. The zero-order chi connectivity index (χ0) is 11.7. The molecule has 4 heteroatoms. The fourth-order valence-electron chi connectivity index (χ4n) is 2.04. The van der Waals surface area contributed by atoms with E-state index < -0.39 is 0 Å². The van der Waals surface area contributed by atoms with Crippen LogP contribution >= 0.6 is 11.8 Å². The molecule has 1 aromatic carbocycles. The van der Waals surface area contributed by atoms with E-state index >= 15 is 0 Å². The molecule has 0 aliphatic carbocycles. The second kappa shape index (κ2) is 4.45. The average Bonchev–Trinajstić information content (AvgIpc) is 2.87. The molecular formula is C13H14N2OS. The van der Waals surface area contributed by atoms with Crippen LogP contribution < -0.4 is 5.32 Å². The van der Waals surface area contributed by atoms with E-state index in [1.165, 1.54) is 29.1 Å². The molecule has 1 aliphatic heterocycles. The Morgan fingerprint density at radius 2 is 2.35 bits per heavy atom. The topological polar surface area (TPSA) is 38.1 Å². The fourth-order valence-corrected chi connectivity index (χ4v) is 3.06. The molecule has 1 N–H and O–H groups in total. The number of hydrogen-bond donors (Lipinski definition) is 1. The van der Waals surface area contributed by atoms with Crippen molar-refractivity contribution in [3.8, 4) is 11.3 Å². The maximum absolute atomic E-state index is 5.58. The summed E-state index contributed by atoms with van der Waals surface area (Å²) in [6.45, 7) is 0. The van der Waals surface area contributed by atoms with Crippen LogP contribution in [0.4, 0.5) is 6.01 Å². The first-order valence-electron chi connectivity index (χ1n) is 5.76. The lowest BCUT2D eigenvalue weighted by molar-refractivity contribution is 0.589. The van der Waals surface area contributed by atoms with Crippen LogP contribution in [0.3, 0.4) is 0 Å². The zero-order valence-electron chi connectivity index (χ0n) is 9.69. The summed E-state index contributed by atoms with van der Waals surface area (Å²) in [6, 6.07) is 7.08. The Hall–Kier alpha value is -1.42. The van der Waals surface area contributed by atoms with Gasteiger partial charge in [-0.15, -0.1) is 11.8 Å². The zero-order valence-corrected chi connectivity index (χ0v) is 10.5. The summed E-state index contributed by atoms with van der Waals surface area (Å²) in [6.07, 6.45) is 4.20. The Labute approximate surface area is 105 Å². The summed E-state index contributed by atoms with van der Waals surface area (Å²) >= 11 is 1.94. The highest BCUT2D eigenvalue weighted by atomic mass is 32.2. The number of aromatic nitrogens is 1. The molecule has 0 saturated carbocycles. The lowest BCUT2D eigenvalue weighted by atomic mass is 10.1. The van der Waals surface area contributed by atoms with Crippen LogP contribution in [0.25, 0.3) is 11.3 Å². The van der Waals surface area contributed by atoms with E-state index in [1.54, 1.807) is 13.2 Å². The van der Waals surface area contributed by atoms with E-state index in [0.717, 1.165) is 11.3 Å². The van der Waals surface area contributed by atoms with Gasteiger partial charge in [0.2, 0.25) is 0 Å². The molecule has 0 bridgehead atoms. The Morgan fingerprint density at radius 1 is 1.41 bits per heavy atom. The van der Waals surface area contributed by atoms with Gasteiger partial charge in [0.25, 0.3) is 6.01 Å². The van der Waals surface area contributed by atoms with Gasteiger partial charge in [-0.3, -0.25) is 0 Å². The number of anilines is 1. The predicted molar refractivity (Wildman–Crippen MR) is 70.5 cm³/mol. The number of oxazole rings is 1. The number of benzene rings is 1. The van der Waals surface area contributed by atoms with Crippen LogP contribution in [0.5, 0.6) is 0 Å². The summed E-state index contributed by atoms with van der Waals surface area (Å²) in [5.41, 5.74) is 2.54. The summed E-state index contributed by atoms with van der Waals surface area (Å²) in [7, 11) is 1.80. The van der Waals surface area contributed by atoms with Crippen molar-refractivity contribution in [2.45, 2.75) is 17.7 Å². The summed E-state index contributed by atoms with van der Waals surface area (Å²) in [4.78, 5) is 5.55. The quantitative estimate of drug-likeness (QED) is 0.881. The molecule has 0 spiro atoms. The van der Waals surface area contributed by atoms with E-state index in [1.807, 2.05) is 11.8 Å². The van der Waals surface area contributed by atoms with Crippen molar-refractivity contribution < 1.29 is 4.42 Å². The Morgan fingerprint density at radius 3 is 3.18 bits per heavy atom. The highest BCUT2D eigenvalue weighted by Gasteiger charge is 2.12. The van der Waals surface area contributed by atoms with Crippen LogP contribution in [-0.4, -0.2) is 17.8 Å². The van der Waals surface area contributed by atoms with Gasteiger partial charge in [0.1, 0.15) is 0 Å². The van der Waals surface area contributed by atoms with Gasteiger partial charge < -0.3 is 9.73 Å². The third kappa shape index (κ3) is 2.05. The van der Waals surface area contributed by atoms with Gasteiger partial charge in [-0.25, -0.2) is 4.98 Å². The second-order valence-electron chi connectivity index (χ2n) is 4.05.